The summed E-state index contributed by atoms with van der Waals surface area (Å²) < 4.78 is 11.2. The highest BCUT2D eigenvalue weighted by Crippen LogP contribution is 2.40. The maximum atomic E-state index is 6.21. The molecule has 4 nitrogen and oxygen atoms in total. The normalized spacial score (nSPS) is 13.0. The zero-order valence-corrected chi connectivity index (χ0v) is 12.4. The molecule has 0 amide bonds. The Morgan fingerprint density at radius 2 is 1.67 bits per heavy atom. The molecule has 21 heavy (non-hydrogen) atoms. The van der Waals surface area contributed by atoms with Crippen LogP contribution in [-0.4, -0.2) is 19.8 Å². The Kier molecular flexibility index (Phi) is 3.60. The highest BCUT2D eigenvalue weighted by atomic mass is 16.6. The molecule has 2 N–H and O–H groups in total. The average Bonchev–Trinajstić information content (AvgIpc) is 2.50. The van der Waals surface area contributed by atoms with Crippen molar-refractivity contribution >= 4 is 17.1 Å². The highest BCUT2D eigenvalue weighted by molar-refractivity contribution is 5.78. The number of hydrogen-bond acceptors (Lipinski definition) is 4. The molecule has 0 spiro atoms. The molecule has 0 aromatic heterocycles. The molecule has 1 aliphatic rings. The Balaban J connectivity index is 2.02. The second-order valence-electron chi connectivity index (χ2n) is 5.13. The zero-order valence-electron chi connectivity index (χ0n) is 12.4. The summed E-state index contributed by atoms with van der Waals surface area (Å²) in [6.07, 6.45) is 0. The summed E-state index contributed by atoms with van der Waals surface area (Å²) in [6, 6.07) is 12.2. The molecule has 0 radical (unpaired) electrons. The van der Waals surface area contributed by atoms with Gasteiger partial charge in [-0.15, -0.1) is 0 Å². The second-order valence-corrected chi connectivity index (χ2v) is 5.13. The minimum Gasteiger partial charge on any atom is -0.486 e. The first kappa shape index (κ1) is 13.6. The largest absolute Gasteiger partial charge is 0.486 e. The first-order chi connectivity index (χ1) is 10.2. The van der Waals surface area contributed by atoms with E-state index in [0.29, 0.717) is 18.9 Å². The van der Waals surface area contributed by atoms with E-state index in [4.69, 9.17) is 15.2 Å². The van der Waals surface area contributed by atoms with E-state index in [1.165, 1.54) is 5.56 Å². The molecule has 2 aromatic rings. The number of nitrogens with two attached hydrogens (primary N) is 1. The van der Waals surface area contributed by atoms with Crippen molar-refractivity contribution in [2.75, 3.05) is 30.4 Å². The first-order valence-electron chi connectivity index (χ1n) is 7.22. The van der Waals surface area contributed by atoms with Crippen LogP contribution in [0.3, 0.4) is 0 Å². The van der Waals surface area contributed by atoms with E-state index in [1.807, 2.05) is 12.1 Å². The highest BCUT2D eigenvalue weighted by Gasteiger charge is 2.18. The van der Waals surface area contributed by atoms with Crippen LogP contribution in [0.25, 0.3) is 0 Å². The summed E-state index contributed by atoms with van der Waals surface area (Å²) in [5.41, 5.74) is 10.2. The number of aryl methyl sites for hydroxylation is 1. The van der Waals surface area contributed by atoms with Crippen LogP contribution in [0.1, 0.15) is 12.5 Å². The van der Waals surface area contributed by atoms with E-state index in [1.54, 1.807) is 0 Å². The molecule has 0 unspecified atom stereocenters. The molecular weight excluding hydrogens is 264 g/mol. The van der Waals surface area contributed by atoms with Crippen LogP contribution < -0.4 is 20.1 Å². The third kappa shape index (κ3) is 2.61. The monoisotopic (exact) mass is 284 g/mol. The predicted molar refractivity (Wildman–Crippen MR) is 85.7 cm³/mol. The predicted octanol–water partition coefficient (Wildman–Crippen LogP) is 3.51. The molecule has 110 valence electrons. The van der Waals surface area contributed by atoms with Gasteiger partial charge in [-0.1, -0.05) is 17.7 Å². The van der Waals surface area contributed by atoms with Gasteiger partial charge in [-0.25, -0.2) is 0 Å². The zero-order chi connectivity index (χ0) is 14.8. The SMILES string of the molecule is CCN(c1ccc(C)cc1)c1cc2c(cc1N)OCCO2. The van der Waals surface area contributed by atoms with Crippen LogP contribution >= 0.6 is 0 Å². The van der Waals surface area contributed by atoms with Crippen LogP contribution in [0.4, 0.5) is 17.1 Å². The third-order valence-electron chi connectivity index (χ3n) is 3.64. The fraction of sp³-hybridized carbons (Fsp3) is 0.294. The molecule has 0 bridgehead atoms. The van der Waals surface area contributed by atoms with Crippen LogP contribution in [0.15, 0.2) is 36.4 Å². The van der Waals surface area contributed by atoms with Gasteiger partial charge in [-0.05, 0) is 26.0 Å². The second kappa shape index (κ2) is 5.56. The molecule has 3 rings (SSSR count). The Bertz CT molecular complexity index is 638. The van der Waals surface area contributed by atoms with E-state index >= 15 is 0 Å². The summed E-state index contributed by atoms with van der Waals surface area (Å²) in [5.74, 6) is 1.48. The van der Waals surface area contributed by atoms with Crippen LogP contribution in [0.2, 0.25) is 0 Å². The summed E-state index contributed by atoms with van der Waals surface area (Å²) in [4.78, 5) is 2.17. The quantitative estimate of drug-likeness (QED) is 0.876. The van der Waals surface area contributed by atoms with E-state index in [-0.39, 0.29) is 0 Å². The molecule has 1 aliphatic heterocycles. The molecular formula is C17H20N2O2. The van der Waals surface area contributed by atoms with Gasteiger partial charge in [0.1, 0.15) is 13.2 Å². The van der Waals surface area contributed by atoms with Gasteiger partial charge in [0.15, 0.2) is 11.5 Å². The minimum atomic E-state index is 0.571. The van der Waals surface area contributed by atoms with Crippen LogP contribution in [0, 0.1) is 6.92 Å². The number of ether oxygens (including phenoxy) is 2. The first-order valence-corrected chi connectivity index (χ1v) is 7.22. The lowest BCUT2D eigenvalue weighted by Crippen LogP contribution is -2.20. The fourth-order valence-corrected chi connectivity index (χ4v) is 2.54. The summed E-state index contributed by atoms with van der Waals surface area (Å²) in [7, 11) is 0. The van der Waals surface area contributed by atoms with Crippen molar-refractivity contribution < 1.29 is 9.47 Å². The lowest BCUT2D eigenvalue weighted by molar-refractivity contribution is 0.172. The number of hydrogen-bond donors (Lipinski definition) is 1. The molecule has 0 saturated carbocycles. The number of rotatable bonds is 3. The Hall–Kier alpha value is -2.36. The fourth-order valence-electron chi connectivity index (χ4n) is 2.54. The number of fused-ring (bicyclic) bond motifs is 1. The summed E-state index contributed by atoms with van der Waals surface area (Å²) in [6.45, 7) is 6.16. The van der Waals surface area contributed by atoms with Gasteiger partial charge in [-0.2, -0.15) is 0 Å². The van der Waals surface area contributed by atoms with E-state index < -0.39 is 0 Å². The van der Waals surface area contributed by atoms with Gasteiger partial charge in [-0.3, -0.25) is 0 Å². The molecule has 0 aliphatic carbocycles. The average molecular weight is 284 g/mol. The van der Waals surface area contributed by atoms with Gasteiger partial charge in [0.25, 0.3) is 0 Å². The number of nitrogen functional groups attached to an aromatic ring is 1. The van der Waals surface area contributed by atoms with Crippen molar-refractivity contribution in [3.8, 4) is 11.5 Å². The summed E-state index contributed by atoms with van der Waals surface area (Å²) >= 11 is 0. The molecule has 4 heteroatoms. The van der Waals surface area contributed by atoms with Crippen LogP contribution in [0.5, 0.6) is 11.5 Å². The standard InChI is InChI=1S/C17H20N2O2/c1-3-19(13-6-4-12(2)5-7-13)15-11-17-16(10-14(15)18)20-8-9-21-17/h4-7,10-11H,3,8-9,18H2,1-2H3. The Labute approximate surface area is 125 Å². The van der Waals surface area contributed by atoms with Crippen molar-refractivity contribution in [2.24, 2.45) is 0 Å². The number of benzene rings is 2. The molecule has 0 atom stereocenters. The van der Waals surface area contributed by atoms with Gasteiger partial charge in [0.2, 0.25) is 0 Å². The minimum absolute atomic E-state index is 0.571. The Morgan fingerprint density at radius 1 is 1.05 bits per heavy atom. The number of anilines is 3. The van der Waals surface area contributed by atoms with Gasteiger partial charge >= 0.3 is 0 Å². The Morgan fingerprint density at radius 3 is 2.29 bits per heavy atom. The maximum absolute atomic E-state index is 6.21. The van der Waals surface area contributed by atoms with Crippen molar-refractivity contribution in [2.45, 2.75) is 13.8 Å². The molecule has 2 aromatic carbocycles. The van der Waals surface area contributed by atoms with Crippen LogP contribution in [-0.2, 0) is 0 Å². The maximum Gasteiger partial charge on any atom is 0.163 e. The number of nitrogens with zero attached hydrogens (tertiary/aromatic N) is 1. The topological polar surface area (TPSA) is 47.7 Å². The van der Waals surface area contributed by atoms with Crippen molar-refractivity contribution in [3.05, 3.63) is 42.0 Å². The third-order valence-corrected chi connectivity index (χ3v) is 3.64. The summed E-state index contributed by atoms with van der Waals surface area (Å²) in [5, 5.41) is 0. The lowest BCUT2D eigenvalue weighted by atomic mass is 10.1. The van der Waals surface area contributed by atoms with E-state index in [9.17, 15) is 0 Å². The van der Waals surface area contributed by atoms with Gasteiger partial charge in [0, 0.05) is 24.4 Å². The van der Waals surface area contributed by atoms with Crippen molar-refractivity contribution in [3.63, 3.8) is 0 Å². The van der Waals surface area contributed by atoms with Crippen molar-refractivity contribution in [1.82, 2.24) is 0 Å². The van der Waals surface area contributed by atoms with E-state index in [2.05, 4.69) is 43.0 Å². The molecule has 0 fully saturated rings. The van der Waals surface area contributed by atoms with Gasteiger partial charge < -0.3 is 20.1 Å². The molecule has 0 saturated heterocycles. The smallest absolute Gasteiger partial charge is 0.163 e. The molecule has 1 heterocycles. The lowest BCUT2D eigenvalue weighted by Gasteiger charge is -2.27. The van der Waals surface area contributed by atoms with Gasteiger partial charge in [0.05, 0.1) is 11.4 Å². The van der Waals surface area contributed by atoms with Crippen molar-refractivity contribution in [1.29, 1.82) is 0 Å². The van der Waals surface area contributed by atoms with E-state index in [0.717, 1.165) is 29.4 Å².